The lowest BCUT2D eigenvalue weighted by molar-refractivity contribution is 0.413. The zero-order chi connectivity index (χ0) is 17.6. The van der Waals surface area contributed by atoms with Crippen molar-refractivity contribution in [2.75, 3.05) is 21.3 Å². The average molecular weight is 353 g/mol. The molecule has 128 valence electrons. The Morgan fingerprint density at radius 2 is 0.840 bits per heavy atom. The molecule has 4 heteroatoms. The predicted molar refractivity (Wildman–Crippen MR) is 101 cm³/mol. The Kier molecular flexibility index (Phi) is 5.51. The van der Waals surface area contributed by atoms with Crippen LogP contribution in [0, 0.1) is 0 Å². The van der Waals surface area contributed by atoms with Crippen molar-refractivity contribution in [1.29, 1.82) is 0 Å². The minimum atomic E-state index is -0.290. The zero-order valence-corrected chi connectivity index (χ0v) is 15.4. The van der Waals surface area contributed by atoms with E-state index in [1.165, 1.54) is 14.7 Å². The van der Waals surface area contributed by atoms with E-state index in [-0.39, 0.29) is 10.9 Å². The Morgan fingerprint density at radius 3 is 1.12 bits per heavy atom. The van der Waals surface area contributed by atoms with Crippen LogP contribution in [0.3, 0.4) is 0 Å². The minimum Gasteiger partial charge on any atom is -0.497 e. The predicted octanol–water partition coefficient (Wildman–Crippen LogP) is 4.81. The summed E-state index contributed by atoms with van der Waals surface area (Å²) in [5.74, 6) is 2.54. The molecular formula is C21H21O3S+. The van der Waals surface area contributed by atoms with Gasteiger partial charge in [-0.25, -0.2) is 0 Å². The molecule has 0 aliphatic heterocycles. The monoisotopic (exact) mass is 353 g/mol. The summed E-state index contributed by atoms with van der Waals surface area (Å²) in [4.78, 5) is 3.54. The second-order valence-electron chi connectivity index (χ2n) is 5.34. The first kappa shape index (κ1) is 17.2. The third-order valence-electron chi connectivity index (χ3n) is 3.83. The number of rotatable bonds is 6. The Labute approximate surface area is 151 Å². The fraction of sp³-hybridized carbons (Fsp3) is 0.143. The Morgan fingerprint density at radius 1 is 0.520 bits per heavy atom. The van der Waals surface area contributed by atoms with Gasteiger partial charge in [-0.2, -0.15) is 0 Å². The summed E-state index contributed by atoms with van der Waals surface area (Å²) in [7, 11) is 4.78. The van der Waals surface area contributed by atoms with E-state index in [9.17, 15) is 0 Å². The molecule has 25 heavy (non-hydrogen) atoms. The van der Waals surface area contributed by atoms with E-state index in [4.69, 9.17) is 14.2 Å². The van der Waals surface area contributed by atoms with Crippen molar-refractivity contribution in [3.8, 4) is 17.2 Å². The molecule has 0 saturated carbocycles. The summed E-state index contributed by atoms with van der Waals surface area (Å²) in [6.07, 6.45) is 0. The molecule has 3 rings (SSSR count). The number of methoxy groups -OCH3 is 3. The van der Waals surface area contributed by atoms with Gasteiger partial charge in [-0.15, -0.1) is 0 Å². The molecule has 0 aromatic heterocycles. The van der Waals surface area contributed by atoms with E-state index in [2.05, 4.69) is 36.4 Å². The van der Waals surface area contributed by atoms with Gasteiger partial charge in [-0.3, -0.25) is 0 Å². The summed E-state index contributed by atoms with van der Waals surface area (Å²) in [5.41, 5.74) is 0. The van der Waals surface area contributed by atoms with Crippen LogP contribution in [0.25, 0.3) is 0 Å². The van der Waals surface area contributed by atoms with Crippen LogP contribution >= 0.6 is 0 Å². The van der Waals surface area contributed by atoms with Gasteiger partial charge < -0.3 is 14.2 Å². The molecule has 0 aliphatic carbocycles. The van der Waals surface area contributed by atoms with Crippen LogP contribution in [-0.2, 0) is 10.9 Å². The van der Waals surface area contributed by atoms with Gasteiger partial charge >= 0.3 is 0 Å². The molecule has 0 N–H and O–H groups in total. The largest absolute Gasteiger partial charge is 0.497 e. The lowest BCUT2D eigenvalue weighted by atomic mass is 10.3. The van der Waals surface area contributed by atoms with E-state index < -0.39 is 0 Å². The standard InChI is InChI=1S/C21H21O3S/c1-22-16-7-4-10-19(13-16)25(20-11-5-8-17(14-20)23-2)21-12-6-9-18(15-21)24-3/h4-15H,1-3H3/q+1. The first-order valence-corrected chi connectivity index (χ1v) is 9.14. The quantitative estimate of drug-likeness (QED) is 0.595. The van der Waals surface area contributed by atoms with Crippen molar-refractivity contribution in [2.45, 2.75) is 14.7 Å². The number of ether oxygens (including phenoxy) is 3. The summed E-state index contributed by atoms with van der Waals surface area (Å²) < 4.78 is 16.3. The van der Waals surface area contributed by atoms with Crippen molar-refractivity contribution in [2.24, 2.45) is 0 Å². The first-order valence-electron chi connectivity index (χ1n) is 7.91. The summed E-state index contributed by atoms with van der Waals surface area (Å²) >= 11 is 0. The van der Waals surface area contributed by atoms with Gasteiger partial charge in [0.05, 0.1) is 32.2 Å². The van der Waals surface area contributed by atoms with Gasteiger partial charge in [-0.1, -0.05) is 18.2 Å². The minimum absolute atomic E-state index is 0.290. The van der Waals surface area contributed by atoms with Gasteiger partial charge in [0.25, 0.3) is 0 Å². The molecule has 0 atom stereocenters. The van der Waals surface area contributed by atoms with Crippen LogP contribution in [0.2, 0.25) is 0 Å². The third kappa shape index (κ3) is 3.91. The van der Waals surface area contributed by atoms with Crippen molar-refractivity contribution in [3.05, 3.63) is 72.8 Å². The van der Waals surface area contributed by atoms with Gasteiger partial charge in [0.2, 0.25) is 0 Å². The molecule has 3 nitrogen and oxygen atoms in total. The molecular weight excluding hydrogens is 332 g/mol. The molecule has 0 spiro atoms. The molecule has 0 radical (unpaired) electrons. The molecule has 3 aromatic carbocycles. The summed E-state index contributed by atoms with van der Waals surface area (Å²) in [5, 5.41) is 0. The van der Waals surface area contributed by atoms with Crippen LogP contribution in [0.5, 0.6) is 17.2 Å². The summed E-state index contributed by atoms with van der Waals surface area (Å²) in [6, 6.07) is 24.6. The van der Waals surface area contributed by atoms with Crippen LogP contribution in [0.1, 0.15) is 0 Å². The number of hydrogen-bond acceptors (Lipinski definition) is 3. The van der Waals surface area contributed by atoms with Gasteiger partial charge in [-0.05, 0) is 36.4 Å². The highest BCUT2D eigenvalue weighted by molar-refractivity contribution is 7.97. The lowest BCUT2D eigenvalue weighted by Crippen LogP contribution is -2.05. The highest BCUT2D eigenvalue weighted by Gasteiger charge is 2.30. The second-order valence-corrected chi connectivity index (χ2v) is 7.37. The van der Waals surface area contributed by atoms with Crippen LogP contribution in [-0.4, -0.2) is 21.3 Å². The number of hydrogen-bond donors (Lipinski definition) is 0. The zero-order valence-electron chi connectivity index (χ0n) is 14.6. The maximum Gasteiger partial charge on any atom is 0.170 e. The molecule has 0 heterocycles. The molecule has 0 bridgehead atoms. The molecule has 0 aliphatic rings. The van der Waals surface area contributed by atoms with Crippen molar-refractivity contribution in [3.63, 3.8) is 0 Å². The van der Waals surface area contributed by atoms with E-state index in [1.807, 2.05) is 36.4 Å². The third-order valence-corrected chi connectivity index (χ3v) is 6.01. The maximum absolute atomic E-state index is 5.42. The molecule has 3 aromatic rings. The fourth-order valence-electron chi connectivity index (χ4n) is 2.59. The Hall–Kier alpha value is -2.59. The van der Waals surface area contributed by atoms with Gasteiger partial charge in [0.15, 0.2) is 14.7 Å². The van der Waals surface area contributed by atoms with Crippen LogP contribution in [0.15, 0.2) is 87.5 Å². The van der Waals surface area contributed by atoms with E-state index in [1.54, 1.807) is 21.3 Å². The smallest absolute Gasteiger partial charge is 0.170 e. The van der Waals surface area contributed by atoms with Crippen LogP contribution in [0.4, 0.5) is 0 Å². The van der Waals surface area contributed by atoms with E-state index in [0.717, 1.165) is 17.2 Å². The SMILES string of the molecule is COc1cccc([S+](c2cccc(OC)c2)c2cccc(OC)c2)c1. The Bertz CT molecular complexity index is 735. The van der Waals surface area contributed by atoms with E-state index >= 15 is 0 Å². The number of benzene rings is 3. The first-order chi connectivity index (χ1) is 12.2. The Balaban J connectivity index is 2.16. The highest BCUT2D eigenvalue weighted by Crippen LogP contribution is 2.35. The second kappa shape index (κ2) is 7.99. The van der Waals surface area contributed by atoms with Gasteiger partial charge in [0, 0.05) is 18.2 Å². The normalized spacial score (nSPS) is 10.6. The molecule has 0 saturated heterocycles. The van der Waals surface area contributed by atoms with Crippen molar-refractivity contribution in [1.82, 2.24) is 0 Å². The highest BCUT2D eigenvalue weighted by atomic mass is 32.2. The fourth-order valence-corrected chi connectivity index (χ4v) is 4.76. The van der Waals surface area contributed by atoms with Gasteiger partial charge in [0.1, 0.15) is 17.2 Å². The molecule has 0 fully saturated rings. The van der Waals surface area contributed by atoms with Crippen LogP contribution < -0.4 is 14.2 Å². The summed E-state index contributed by atoms with van der Waals surface area (Å²) in [6.45, 7) is 0. The molecule has 0 amide bonds. The maximum atomic E-state index is 5.42. The van der Waals surface area contributed by atoms with Crippen molar-refractivity contribution >= 4 is 10.9 Å². The van der Waals surface area contributed by atoms with E-state index in [0.29, 0.717) is 0 Å². The average Bonchev–Trinajstić information content (AvgIpc) is 2.68. The topological polar surface area (TPSA) is 27.7 Å². The lowest BCUT2D eigenvalue weighted by Gasteiger charge is -2.11. The molecule has 0 unspecified atom stereocenters. The van der Waals surface area contributed by atoms with Crippen molar-refractivity contribution < 1.29 is 14.2 Å².